The molecule has 0 saturated heterocycles. The summed E-state index contributed by atoms with van der Waals surface area (Å²) >= 11 is 0. The molecule has 1 rings (SSSR count). The summed E-state index contributed by atoms with van der Waals surface area (Å²) in [5.41, 5.74) is 1.29. The van der Waals surface area contributed by atoms with E-state index in [-0.39, 0.29) is 0 Å². The van der Waals surface area contributed by atoms with E-state index in [9.17, 15) is 0 Å². The lowest BCUT2D eigenvalue weighted by Crippen LogP contribution is -2.33. The standard InChI is InChI=1S/C16H32.C4H11N/c1-6-11-16(8-3)12-9-14(10-13-16)15(4,5)7-2;1-3-4-5-2/h14H,6-13H2,1-5H3;5H,3-4H2,1-2H3. The second-order valence-electron chi connectivity index (χ2n) is 7.82. The molecule has 1 heteroatoms. The van der Waals surface area contributed by atoms with Gasteiger partial charge in [-0.15, -0.1) is 0 Å². The lowest BCUT2D eigenvalue weighted by molar-refractivity contribution is 0.0659. The Morgan fingerprint density at radius 1 is 1.00 bits per heavy atom. The summed E-state index contributed by atoms with van der Waals surface area (Å²) in [6.45, 7) is 15.3. The van der Waals surface area contributed by atoms with E-state index >= 15 is 0 Å². The molecule has 0 aromatic carbocycles. The maximum absolute atomic E-state index is 3.02. The van der Waals surface area contributed by atoms with E-state index in [0.29, 0.717) is 5.41 Å². The number of hydrogen-bond acceptors (Lipinski definition) is 1. The summed E-state index contributed by atoms with van der Waals surface area (Å²) in [5.74, 6) is 0.981. The van der Waals surface area contributed by atoms with Gasteiger partial charge in [-0.05, 0) is 68.9 Å². The van der Waals surface area contributed by atoms with Crippen molar-refractivity contribution in [2.45, 2.75) is 99.3 Å². The molecular weight excluding hydrogens is 254 g/mol. The molecule has 0 unspecified atom stereocenters. The van der Waals surface area contributed by atoms with Gasteiger partial charge in [-0.25, -0.2) is 0 Å². The van der Waals surface area contributed by atoms with E-state index in [4.69, 9.17) is 0 Å². The summed E-state index contributed by atoms with van der Waals surface area (Å²) < 4.78 is 0. The molecule has 128 valence electrons. The normalized spacial score (nSPS) is 26.1. The minimum Gasteiger partial charge on any atom is -0.320 e. The molecule has 0 spiro atoms. The third-order valence-electron chi connectivity index (χ3n) is 6.09. The first-order valence-corrected chi connectivity index (χ1v) is 9.55. The third-order valence-corrected chi connectivity index (χ3v) is 6.09. The van der Waals surface area contributed by atoms with Gasteiger partial charge in [0, 0.05) is 0 Å². The minimum absolute atomic E-state index is 0.576. The number of hydrogen-bond donors (Lipinski definition) is 1. The smallest absolute Gasteiger partial charge is 0.00546 e. The first-order chi connectivity index (χ1) is 9.91. The Morgan fingerprint density at radius 3 is 1.86 bits per heavy atom. The molecule has 0 bridgehead atoms. The van der Waals surface area contributed by atoms with Crippen LogP contribution in [-0.4, -0.2) is 13.6 Å². The molecule has 1 fully saturated rings. The molecular formula is C20H43N. The largest absolute Gasteiger partial charge is 0.320 e. The highest BCUT2D eigenvalue weighted by Gasteiger charge is 2.37. The van der Waals surface area contributed by atoms with Crippen LogP contribution in [0.2, 0.25) is 0 Å². The Morgan fingerprint density at radius 2 is 1.57 bits per heavy atom. The predicted octanol–water partition coefficient (Wildman–Crippen LogP) is 6.43. The van der Waals surface area contributed by atoms with Crippen molar-refractivity contribution >= 4 is 0 Å². The van der Waals surface area contributed by atoms with Crippen molar-refractivity contribution in [1.29, 1.82) is 0 Å². The van der Waals surface area contributed by atoms with Crippen molar-refractivity contribution in [3.63, 3.8) is 0 Å². The van der Waals surface area contributed by atoms with Crippen LogP contribution in [0.3, 0.4) is 0 Å². The molecule has 1 aliphatic carbocycles. The summed E-state index contributed by atoms with van der Waals surface area (Å²) in [6.07, 6.45) is 12.7. The van der Waals surface area contributed by atoms with Crippen LogP contribution in [0.15, 0.2) is 0 Å². The Labute approximate surface area is 135 Å². The van der Waals surface area contributed by atoms with Gasteiger partial charge in [-0.1, -0.05) is 60.8 Å². The highest BCUT2D eigenvalue weighted by atomic mass is 14.8. The zero-order valence-electron chi connectivity index (χ0n) is 16.1. The van der Waals surface area contributed by atoms with E-state index in [1.165, 1.54) is 57.8 Å². The fourth-order valence-electron chi connectivity index (χ4n) is 3.86. The second-order valence-corrected chi connectivity index (χ2v) is 7.82. The number of rotatable bonds is 7. The zero-order valence-corrected chi connectivity index (χ0v) is 16.1. The molecule has 0 aromatic heterocycles. The first kappa shape index (κ1) is 21.0. The molecule has 0 amide bonds. The van der Waals surface area contributed by atoms with E-state index in [2.05, 4.69) is 46.9 Å². The Balaban J connectivity index is 0.000000690. The van der Waals surface area contributed by atoms with Gasteiger partial charge in [-0.2, -0.15) is 0 Å². The van der Waals surface area contributed by atoms with Crippen molar-refractivity contribution in [3.8, 4) is 0 Å². The fourth-order valence-corrected chi connectivity index (χ4v) is 3.86. The molecule has 0 atom stereocenters. The topological polar surface area (TPSA) is 12.0 Å². The van der Waals surface area contributed by atoms with Gasteiger partial charge in [0.25, 0.3) is 0 Å². The molecule has 1 saturated carbocycles. The first-order valence-electron chi connectivity index (χ1n) is 9.55. The second kappa shape index (κ2) is 10.6. The molecule has 21 heavy (non-hydrogen) atoms. The SMILES string of the molecule is CCCC1(CC)CCC(C(C)(C)CC)CC1.CCCNC. The van der Waals surface area contributed by atoms with Gasteiger partial charge in [0.2, 0.25) is 0 Å². The highest BCUT2D eigenvalue weighted by molar-refractivity contribution is 4.89. The summed E-state index contributed by atoms with van der Waals surface area (Å²) in [5, 5.41) is 3.02. The maximum atomic E-state index is 3.02. The average Bonchev–Trinajstić information content (AvgIpc) is 2.49. The van der Waals surface area contributed by atoms with Crippen LogP contribution >= 0.6 is 0 Å². The maximum Gasteiger partial charge on any atom is -0.00546 e. The third kappa shape index (κ3) is 7.17. The van der Waals surface area contributed by atoms with Crippen molar-refractivity contribution in [2.75, 3.05) is 13.6 Å². The van der Waals surface area contributed by atoms with E-state index in [0.717, 1.165) is 17.9 Å². The predicted molar refractivity (Wildman–Crippen MR) is 97.9 cm³/mol. The quantitative estimate of drug-likeness (QED) is 0.571. The fraction of sp³-hybridized carbons (Fsp3) is 1.00. The van der Waals surface area contributed by atoms with Crippen molar-refractivity contribution in [3.05, 3.63) is 0 Å². The minimum atomic E-state index is 0.576. The summed E-state index contributed by atoms with van der Waals surface area (Å²) in [4.78, 5) is 0. The van der Waals surface area contributed by atoms with Crippen LogP contribution in [-0.2, 0) is 0 Å². The summed E-state index contributed by atoms with van der Waals surface area (Å²) in [6, 6.07) is 0. The monoisotopic (exact) mass is 297 g/mol. The Kier molecular flexibility index (Phi) is 10.6. The lowest BCUT2D eigenvalue weighted by atomic mass is 9.61. The van der Waals surface area contributed by atoms with E-state index in [1.807, 2.05) is 7.05 Å². The molecule has 0 radical (unpaired) electrons. The highest BCUT2D eigenvalue weighted by Crippen LogP contribution is 2.50. The van der Waals surface area contributed by atoms with E-state index in [1.54, 1.807) is 0 Å². The lowest BCUT2D eigenvalue weighted by Gasteiger charge is -2.45. The van der Waals surface area contributed by atoms with Gasteiger partial charge < -0.3 is 5.32 Å². The molecule has 1 N–H and O–H groups in total. The molecule has 1 nitrogen and oxygen atoms in total. The van der Waals surface area contributed by atoms with Gasteiger partial charge in [0.1, 0.15) is 0 Å². The Hall–Kier alpha value is -0.0400. The van der Waals surface area contributed by atoms with Gasteiger partial charge in [0.15, 0.2) is 0 Å². The van der Waals surface area contributed by atoms with Gasteiger partial charge >= 0.3 is 0 Å². The molecule has 1 aliphatic rings. The van der Waals surface area contributed by atoms with Crippen molar-refractivity contribution < 1.29 is 0 Å². The van der Waals surface area contributed by atoms with Crippen molar-refractivity contribution in [1.82, 2.24) is 5.32 Å². The van der Waals surface area contributed by atoms with E-state index < -0.39 is 0 Å². The molecule has 0 aliphatic heterocycles. The zero-order chi connectivity index (χ0) is 16.4. The molecule has 0 aromatic rings. The van der Waals surface area contributed by atoms with Crippen LogP contribution < -0.4 is 5.32 Å². The molecule has 0 heterocycles. The number of nitrogens with one attached hydrogen (secondary N) is 1. The van der Waals surface area contributed by atoms with Crippen LogP contribution in [0.4, 0.5) is 0 Å². The van der Waals surface area contributed by atoms with Crippen LogP contribution in [0.5, 0.6) is 0 Å². The van der Waals surface area contributed by atoms with Crippen LogP contribution in [0.25, 0.3) is 0 Å². The summed E-state index contributed by atoms with van der Waals surface area (Å²) in [7, 11) is 1.96. The van der Waals surface area contributed by atoms with Crippen molar-refractivity contribution in [2.24, 2.45) is 16.7 Å². The average molecular weight is 298 g/mol. The Bertz CT molecular complexity index is 234. The van der Waals surface area contributed by atoms with Gasteiger partial charge in [-0.3, -0.25) is 0 Å². The van der Waals surface area contributed by atoms with Gasteiger partial charge in [0.05, 0.1) is 0 Å². The van der Waals surface area contributed by atoms with Crippen LogP contribution in [0.1, 0.15) is 99.3 Å². The van der Waals surface area contributed by atoms with Crippen LogP contribution in [0, 0.1) is 16.7 Å².